The molecule has 2 aromatic carbocycles. The zero-order chi connectivity index (χ0) is 20.1. The molecule has 0 atom stereocenters. The number of likely N-dealkylation sites (tertiary alicyclic amines) is 1. The Kier molecular flexibility index (Phi) is 5.59. The fraction of sp³-hybridized carbons (Fsp3) is 0.227. The zero-order valence-electron chi connectivity index (χ0n) is 15.6. The van der Waals surface area contributed by atoms with Crippen LogP contribution in [0.5, 0.6) is 0 Å². The summed E-state index contributed by atoms with van der Waals surface area (Å²) in [6.07, 6.45) is 2.13. The fourth-order valence-electron chi connectivity index (χ4n) is 3.63. The molecule has 1 fully saturated rings. The first-order chi connectivity index (χ1) is 13.5. The van der Waals surface area contributed by atoms with Crippen LogP contribution in [0.2, 0.25) is 0 Å². The largest absolute Gasteiger partial charge is 0.369 e. The first-order valence-corrected chi connectivity index (χ1v) is 9.14. The van der Waals surface area contributed by atoms with E-state index in [1.54, 1.807) is 29.2 Å². The lowest BCUT2D eigenvalue weighted by molar-refractivity contribution is -0.125. The van der Waals surface area contributed by atoms with Crippen LogP contribution in [-0.2, 0) is 15.0 Å². The monoisotopic (exact) mass is 377 g/mol. The molecule has 3 amide bonds. The van der Waals surface area contributed by atoms with Gasteiger partial charge in [0.05, 0.1) is 5.41 Å². The van der Waals surface area contributed by atoms with Crippen LogP contribution >= 0.6 is 0 Å². The number of rotatable bonds is 5. The van der Waals surface area contributed by atoms with Crippen molar-refractivity contribution >= 4 is 23.4 Å². The van der Waals surface area contributed by atoms with Crippen molar-refractivity contribution < 1.29 is 14.4 Å². The maximum absolute atomic E-state index is 12.9. The number of nitrogens with two attached hydrogens (primary N) is 1. The molecular formula is C22H23N3O3. The van der Waals surface area contributed by atoms with Crippen LogP contribution < -0.4 is 11.1 Å². The van der Waals surface area contributed by atoms with Crippen molar-refractivity contribution in [3.8, 4) is 0 Å². The van der Waals surface area contributed by atoms with Gasteiger partial charge in [-0.05, 0) is 42.7 Å². The fourth-order valence-corrected chi connectivity index (χ4v) is 3.63. The number of nitrogens with zero attached hydrogens (tertiary/aromatic N) is 1. The van der Waals surface area contributed by atoms with Crippen molar-refractivity contribution in [1.82, 2.24) is 4.90 Å². The lowest BCUT2D eigenvalue weighted by atomic mass is 9.72. The number of carbonyl (C=O) groups excluding carboxylic acids is 3. The van der Waals surface area contributed by atoms with Crippen LogP contribution in [0.25, 0.3) is 0 Å². The summed E-state index contributed by atoms with van der Waals surface area (Å²) < 4.78 is 0. The summed E-state index contributed by atoms with van der Waals surface area (Å²) in [6.45, 7) is 4.28. The first kappa shape index (κ1) is 19.4. The van der Waals surface area contributed by atoms with Crippen molar-refractivity contribution in [2.75, 3.05) is 18.4 Å². The minimum atomic E-state index is -0.752. The summed E-state index contributed by atoms with van der Waals surface area (Å²) in [4.78, 5) is 38.4. The normalized spacial score (nSPS) is 15.5. The van der Waals surface area contributed by atoms with Crippen LogP contribution in [0.4, 0.5) is 5.69 Å². The molecule has 6 heteroatoms. The Morgan fingerprint density at radius 2 is 1.71 bits per heavy atom. The van der Waals surface area contributed by atoms with Crippen molar-refractivity contribution in [1.29, 1.82) is 0 Å². The van der Waals surface area contributed by atoms with E-state index in [0.29, 0.717) is 37.2 Å². The Morgan fingerprint density at radius 3 is 2.32 bits per heavy atom. The van der Waals surface area contributed by atoms with Gasteiger partial charge in [-0.1, -0.05) is 43.0 Å². The second-order valence-electron chi connectivity index (χ2n) is 6.88. The van der Waals surface area contributed by atoms with E-state index in [2.05, 4.69) is 11.9 Å². The zero-order valence-corrected chi connectivity index (χ0v) is 15.6. The highest BCUT2D eigenvalue weighted by Gasteiger charge is 2.42. The molecule has 6 nitrogen and oxygen atoms in total. The van der Waals surface area contributed by atoms with Crippen molar-refractivity contribution in [2.24, 2.45) is 5.73 Å². The molecule has 0 aromatic heterocycles. The van der Waals surface area contributed by atoms with E-state index in [1.165, 1.54) is 6.08 Å². The van der Waals surface area contributed by atoms with Gasteiger partial charge >= 0.3 is 0 Å². The van der Waals surface area contributed by atoms with E-state index in [-0.39, 0.29) is 17.7 Å². The Hall–Kier alpha value is -3.41. The summed E-state index contributed by atoms with van der Waals surface area (Å²) >= 11 is 0. The molecule has 0 saturated carbocycles. The number of anilines is 1. The molecule has 28 heavy (non-hydrogen) atoms. The van der Waals surface area contributed by atoms with Gasteiger partial charge in [0, 0.05) is 24.3 Å². The second-order valence-corrected chi connectivity index (χ2v) is 6.88. The molecule has 3 rings (SSSR count). The van der Waals surface area contributed by atoms with Crippen LogP contribution in [0.3, 0.4) is 0 Å². The summed E-state index contributed by atoms with van der Waals surface area (Å²) in [6, 6.07) is 16.3. The number of piperidine rings is 1. The molecule has 144 valence electrons. The molecule has 0 spiro atoms. The summed E-state index contributed by atoms with van der Waals surface area (Å²) in [5, 5.41) is 2.65. The number of benzene rings is 2. The molecule has 1 aliphatic rings. The van der Waals surface area contributed by atoms with E-state index < -0.39 is 5.41 Å². The highest BCUT2D eigenvalue weighted by molar-refractivity contribution is 6.01. The molecule has 3 N–H and O–H groups in total. The predicted octanol–water partition coefficient (Wildman–Crippen LogP) is 2.47. The molecule has 0 bridgehead atoms. The average molecular weight is 377 g/mol. The number of nitrogens with one attached hydrogen (secondary N) is 1. The van der Waals surface area contributed by atoms with Gasteiger partial charge in [-0.25, -0.2) is 0 Å². The first-order valence-electron chi connectivity index (χ1n) is 9.14. The van der Waals surface area contributed by atoms with E-state index in [0.717, 1.165) is 5.56 Å². The summed E-state index contributed by atoms with van der Waals surface area (Å²) in [5.41, 5.74) is 6.91. The number of amides is 3. The quantitative estimate of drug-likeness (QED) is 0.784. The topological polar surface area (TPSA) is 92.5 Å². The van der Waals surface area contributed by atoms with Gasteiger partial charge in [-0.2, -0.15) is 0 Å². The third-order valence-electron chi connectivity index (χ3n) is 5.26. The van der Waals surface area contributed by atoms with Crippen molar-refractivity contribution in [2.45, 2.75) is 18.3 Å². The van der Waals surface area contributed by atoms with E-state index in [9.17, 15) is 14.4 Å². The maximum Gasteiger partial charge on any atom is 0.253 e. The van der Waals surface area contributed by atoms with Crippen LogP contribution in [0.15, 0.2) is 67.3 Å². The lowest BCUT2D eigenvalue weighted by Gasteiger charge is -2.40. The third kappa shape index (κ3) is 3.81. The number of hydrogen-bond acceptors (Lipinski definition) is 3. The van der Waals surface area contributed by atoms with Gasteiger partial charge in [-0.15, -0.1) is 0 Å². The van der Waals surface area contributed by atoms with E-state index in [1.807, 2.05) is 30.3 Å². The molecule has 1 heterocycles. The van der Waals surface area contributed by atoms with Gasteiger partial charge in [0.1, 0.15) is 0 Å². The minimum absolute atomic E-state index is 0.138. The van der Waals surface area contributed by atoms with Crippen molar-refractivity contribution in [3.05, 3.63) is 78.4 Å². The third-order valence-corrected chi connectivity index (χ3v) is 5.26. The Bertz CT molecular complexity index is 900. The van der Waals surface area contributed by atoms with Crippen LogP contribution in [0.1, 0.15) is 28.8 Å². The SMILES string of the molecule is C=CC(=O)Nc1cccc(C(=O)N2CCC(C(N)=O)(c3ccccc3)CC2)c1. The van der Waals surface area contributed by atoms with Gasteiger partial charge in [0.2, 0.25) is 11.8 Å². The smallest absolute Gasteiger partial charge is 0.253 e. The molecule has 1 aliphatic heterocycles. The number of carbonyl (C=O) groups is 3. The molecule has 0 aliphatic carbocycles. The number of primary amides is 1. The molecule has 0 unspecified atom stereocenters. The summed E-state index contributed by atoms with van der Waals surface area (Å²) in [7, 11) is 0. The average Bonchev–Trinajstić information content (AvgIpc) is 2.74. The van der Waals surface area contributed by atoms with Crippen LogP contribution in [-0.4, -0.2) is 35.7 Å². The predicted molar refractivity (Wildman–Crippen MR) is 108 cm³/mol. The summed E-state index contributed by atoms with van der Waals surface area (Å²) in [5.74, 6) is -0.836. The Morgan fingerprint density at radius 1 is 1.04 bits per heavy atom. The van der Waals surface area contributed by atoms with Gasteiger partial charge in [0.25, 0.3) is 5.91 Å². The van der Waals surface area contributed by atoms with Crippen LogP contribution in [0, 0.1) is 0 Å². The second kappa shape index (κ2) is 8.08. The van der Waals surface area contributed by atoms with Crippen molar-refractivity contribution in [3.63, 3.8) is 0 Å². The Balaban J connectivity index is 1.75. The van der Waals surface area contributed by atoms with E-state index in [4.69, 9.17) is 5.73 Å². The van der Waals surface area contributed by atoms with E-state index >= 15 is 0 Å². The standard InChI is InChI=1S/C22H23N3O3/c1-2-19(26)24-18-10-6-7-16(15-18)20(27)25-13-11-22(12-14-25,21(23)28)17-8-4-3-5-9-17/h2-10,15H,1,11-14H2,(H2,23,28)(H,24,26). The maximum atomic E-state index is 12.9. The van der Waals surface area contributed by atoms with Gasteiger partial charge in [0.15, 0.2) is 0 Å². The number of hydrogen-bond donors (Lipinski definition) is 2. The molecule has 1 saturated heterocycles. The van der Waals surface area contributed by atoms with Gasteiger partial charge in [-0.3, -0.25) is 14.4 Å². The highest BCUT2D eigenvalue weighted by Crippen LogP contribution is 2.35. The highest BCUT2D eigenvalue weighted by atomic mass is 16.2. The minimum Gasteiger partial charge on any atom is -0.369 e. The van der Waals surface area contributed by atoms with Gasteiger partial charge < -0.3 is 16.0 Å². The lowest BCUT2D eigenvalue weighted by Crippen LogP contribution is -2.51. The molecule has 0 radical (unpaired) electrons. The molecule has 2 aromatic rings. The Labute approximate surface area is 164 Å². The molecular weight excluding hydrogens is 354 g/mol.